The Bertz CT molecular complexity index is 523. The molecule has 2 aromatic rings. The van der Waals surface area contributed by atoms with E-state index in [0.717, 1.165) is 11.1 Å². The maximum Gasteiger partial charge on any atom is 0.123 e. The number of hydrogen-bond acceptors (Lipinski definition) is 2. The number of nitrogens with two attached hydrogens (primary N) is 1. The molecule has 0 atom stereocenters. The lowest BCUT2D eigenvalue weighted by Crippen LogP contribution is -1.89. The molecule has 0 aliphatic rings. The SMILES string of the molecule is Nc1ccc(-c2ccc(Cl)c(Cl)c2Cl)cn1. The van der Waals surface area contributed by atoms with Gasteiger partial charge in [0.1, 0.15) is 5.82 Å². The van der Waals surface area contributed by atoms with Crippen LogP contribution in [0.2, 0.25) is 15.1 Å². The van der Waals surface area contributed by atoms with Gasteiger partial charge in [-0.2, -0.15) is 0 Å². The zero-order valence-electron chi connectivity index (χ0n) is 8.05. The fourth-order valence-electron chi connectivity index (χ4n) is 1.31. The summed E-state index contributed by atoms with van der Waals surface area (Å²) < 4.78 is 0. The van der Waals surface area contributed by atoms with Crippen LogP contribution >= 0.6 is 34.8 Å². The largest absolute Gasteiger partial charge is 0.384 e. The first-order valence-corrected chi connectivity index (χ1v) is 5.58. The van der Waals surface area contributed by atoms with Gasteiger partial charge in [-0.15, -0.1) is 0 Å². The molecule has 0 saturated heterocycles. The summed E-state index contributed by atoms with van der Waals surface area (Å²) in [5.74, 6) is 0.458. The van der Waals surface area contributed by atoms with E-state index in [4.69, 9.17) is 40.5 Å². The minimum absolute atomic E-state index is 0.345. The molecule has 1 aromatic heterocycles. The summed E-state index contributed by atoms with van der Waals surface area (Å²) in [4.78, 5) is 3.99. The Balaban J connectivity index is 2.57. The maximum absolute atomic E-state index is 6.10. The van der Waals surface area contributed by atoms with Gasteiger partial charge in [-0.1, -0.05) is 40.9 Å². The van der Waals surface area contributed by atoms with Gasteiger partial charge in [-0.3, -0.25) is 0 Å². The molecule has 0 spiro atoms. The molecule has 0 fully saturated rings. The molecule has 2 nitrogen and oxygen atoms in total. The number of nitrogen functional groups attached to an aromatic ring is 1. The van der Waals surface area contributed by atoms with E-state index in [2.05, 4.69) is 4.98 Å². The minimum Gasteiger partial charge on any atom is -0.384 e. The highest BCUT2D eigenvalue weighted by Gasteiger charge is 2.10. The van der Waals surface area contributed by atoms with Crippen LogP contribution in [-0.4, -0.2) is 4.98 Å². The number of aromatic nitrogens is 1. The summed E-state index contributed by atoms with van der Waals surface area (Å²) in [6.45, 7) is 0. The molecule has 82 valence electrons. The molecule has 1 heterocycles. The van der Waals surface area contributed by atoms with Crippen LogP contribution in [0.4, 0.5) is 5.82 Å². The number of pyridine rings is 1. The quantitative estimate of drug-likeness (QED) is 0.787. The topological polar surface area (TPSA) is 38.9 Å². The second-order valence-electron chi connectivity index (χ2n) is 3.19. The highest BCUT2D eigenvalue weighted by atomic mass is 35.5. The molecule has 0 bridgehead atoms. The summed E-state index contributed by atoms with van der Waals surface area (Å²) in [5.41, 5.74) is 7.13. The molecule has 2 rings (SSSR count). The van der Waals surface area contributed by atoms with Gasteiger partial charge in [-0.25, -0.2) is 4.98 Å². The number of anilines is 1. The second-order valence-corrected chi connectivity index (χ2v) is 4.36. The predicted octanol–water partition coefficient (Wildman–Crippen LogP) is 4.29. The molecule has 1 aromatic carbocycles. The zero-order valence-corrected chi connectivity index (χ0v) is 10.3. The van der Waals surface area contributed by atoms with E-state index in [1.807, 2.05) is 6.07 Å². The smallest absolute Gasteiger partial charge is 0.123 e. The van der Waals surface area contributed by atoms with Crippen molar-refractivity contribution >= 4 is 40.6 Å². The van der Waals surface area contributed by atoms with Crippen molar-refractivity contribution in [1.29, 1.82) is 0 Å². The van der Waals surface area contributed by atoms with Crippen molar-refractivity contribution in [3.63, 3.8) is 0 Å². The number of halogens is 3. The monoisotopic (exact) mass is 272 g/mol. The molecule has 16 heavy (non-hydrogen) atoms. The van der Waals surface area contributed by atoms with Gasteiger partial charge in [0, 0.05) is 17.3 Å². The molecular weight excluding hydrogens is 266 g/mol. The van der Waals surface area contributed by atoms with E-state index in [1.54, 1.807) is 24.4 Å². The standard InChI is InChI=1S/C11H7Cl3N2/c12-8-3-2-7(10(13)11(8)14)6-1-4-9(15)16-5-6/h1-5H,(H2,15,16). The van der Waals surface area contributed by atoms with Crippen LogP contribution in [0.5, 0.6) is 0 Å². The number of benzene rings is 1. The van der Waals surface area contributed by atoms with Gasteiger partial charge in [-0.05, 0) is 18.2 Å². The third-order valence-corrected chi connectivity index (χ3v) is 3.43. The van der Waals surface area contributed by atoms with Crippen molar-refractivity contribution in [1.82, 2.24) is 4.98 Å². The predicted molar refractivity (Wildman–Crippen MR) is 69.1 cm³/mol. The average molecular weight is 274 g/mol. The van der Waals surface area contributed by atoms with Crippen molar-refractivity contribution in [3.8, 4) is 11.1 Å². The van der Waals surface area contributed by atoms with Crippen molar-refractivity contribution in [2.75, 3.05) is 5.73 Å². The van der Waals surface area contributed by atoms with Crippen molar-refractivity contribution < 1.29 is 0 Å². The lowest BCUT2D eigenvalue weighted by molar-refractivity contribution is 1.34. The molecule has 5 heteroatoms. The van der Waals surface area contributed by atoms with Crippen LogP contribution < -0.4 is 5.73 Å². The Hall–Kier alpha value is -0.960. The summed E-state index contributed by atoms with van der Waals surface area (Å²) in [6.07, 6.45) is 1.64. The molecule has 2 N–H and O–H groups in total. The summed E-state index contributed by atoms with van der Waals surface area (Å²) >= 11 is 17.9. The molecule has 0 saturated carbocycles. The first kappa shape index (κ1) is 11.5. The van der Waals surface area contributed by atoms with Crippen LogP contribution in [0.15, 0.2) is 30.5 Å². The van der Waals surface area contributed by atoms with Crippen LogP contribution in [0.1, 0.15) is 0 Å². The molecular formula is C11H7Cl3N2. The minimum atomic E-state index is 0.345. The number of hydrogen-bond donors (Lipinski definition) is 1. The summed E-state index contributed by atoms with van der Waals surface area (Å²) in [5, 5.41) is 1.19. The fraction of sp³-hybridized carbons (Fsp3) is 0. The molecule has 0 aliphatic carbocycles. The fourth-order valence-corrected chi connectivity index (χ4v) is 1.96. The zero-order chi connectivity index (χ0) is 11.7. The maximum atomic E-state index is 6.10. The highest BCUT2D eigenvalue weighted by Crippen LogP contribution is 2.37. The van der Waals surface area contributed by atoms with Crippen molar-refractivity contribution in [2.24, 2.45) is 0 Å². The molecule has 0 radical (unpaired) electrons. The van der Waals surface area contributed by atoms with Crippen LogP contribution in [0, 0.1) is 0 Å². The second kappa shape index (κ2) is 4.50. The average Bonchev–Trinajstić information content (AvgIpc) is 2.28. The van der Waals surface area contributed by atoms with E-state index >= 15 is 0 Å². The van der Waals surface area contributed by atoms with E-state index in [1.165, 1.54) is 0 Å². The van der Waals surface area contributed by atoms with Gasteiger partial charge >= 0.3 is 0 Å². The van der Waals surface area contributed by atoms with Gasteiger partial charge in [0.15, 0.2) is 0 Å². The first-order valence-electron chi connectivity index (χ1n) is 4.45. The van der Waals surface area contributed by atoms with E-state index in [9.17, 15) is 0 Å². The van der Waals surface area contributed by atoms with Gasteiger partial charge < -0.3 is 5.73 Å². The van der Waals surface area contributed by atoms with E-state index < -0.39 is 0 Å². The van der Waals surface area contributed by atoms with Crippen molar-refractivity contribution in [2.45, 2.75) is 0 Å². The third kappa shape index (κ3) is 2.09. The van der Waals surface area contributed by atoms with Crippen LogP contribution in [0.3, 0.4) is 0 Å². The van der Waals surface area contributed by atoms with Crippen LogP contribution in [-0.2, 0) is 0 Å². The number of rotatable bonds is 1. The van der Waals surface area contributed by atoms with E-state index in [-0.39, 0.29) is 0 Å². The summed E-state index contributed by atoms with van der Waals surface area (Å²) in [7, 11) is 0. The summed E-state index contributed by atoms with van der Waals surface area (Å²) in [6, 6.07) is 7.02. The normalized spacial score (nSPS) is 10.4. The Morgan fingerprint density at radius 2 is 1.69 bits per heavy atom. The Labute approximate surface area is 108 Å². The first-order chi connectivity index (χ1) is 7.59. The number of nitrogens with zero attached hydrogens (tertiary/aromatic N) is 1. The Morgan fingerprint density at radius 1 is 0.938 bits per heavy atom. The Kier molecular flexibility index (Phi) is 3.24. The lowest BCUT2D eigenvalue weighted by Gasteiger charge is -2.07. The highest BCUT2D eigenvalue weighted by molar-refractivity contribution is 6.49. The molecule has 0 amide bonds. The van der Waals surface area contributed by atoms with Gasteiger partial charge in [0.2, 0.25) is 0 Å². The molecule has 0 aliphatic heterocycles. The van der Waals surface area contributed by atoms with Crippen molar-refractivity contribution in [3.05, 3.63) is 45.5 Å². The van der Waals surface area contributed by atoms with Gasteiger partial charge in [0.25, 0.3) is 0 Å². The van der Waals surface area contributed by atoms with Crippen LogP contribution in [0.25, 0.3) is 11.1 Å². The Morgan fingerprint density at radius 3 is 2.31 bits per heavy atom. The third-order valence-electron chi connectivity index (χ3n) is 2.13. The lowest BCUT2D eigenvalue weighted by atomic mass is 10.1. The molecule has 0 unspecified atom stereocenters. The van der Waals surface area contributed by atoms with E-state index in [0.29, 0.717) is 20.9 Å². The van der Waals surface area contributed by atoms with Gasteiger partial charge in [0.05, 0.1) is 15.1 Å².